The molecule has 0 spiro atoms. The Hall–Kier alpha value is -3.79. The van der Waals surface area contributed by atoms with Crippen LogP contribution in [0.3, 0.4) is 0 Å². The maximum atomic E-state index is 13.7. The van der Waals surface area contributed by atoms with Crippen LogP contribution in [0, 0.1) is 0 Å². The number of anilines is 2. The van der Waals surface area contributed by atoms with E-state index in [2.05, 4.69) is 10.0 Å². The summed E-state index contributed by atoms with van der Waals surface area (Å²) in [5.74, 6) is -0.274. The van der Waals surface area contributed by atoms with Crippen molar-refractivity contribution in [3.63, 3.8) is 0 Å². The molecule has 210 valence electrons. The number of sulfonamides is 1. The van der Waals surface area contributed by atoms with Crippen LogP contribution in [0.5, 0.6) is 0 Å². The molecule has 7 nitrogen and oxygen atoms in total. The number of para-hydroxylation sites is 2. The fourth-order valence-electron chi connectivity index (χ4n) is 4.65. The Kier molecular flexibility index (Phi) is 8.68. The van der Waals surface area contributed by atoms with Crippen LogP contribution in [0.1, 0.15) is 38.7 Å². The Morgan fingerprint density at radius 3 is 2.46 bits per heavy atom. The van der Waals surface area contributed by atoms with E-state index in [0.717, 1.165) is 28.0 Å². The smallest absolute Gasteiger partial charge is 0.251 e. The van der Waals surface area contributed by atoms with Crippen LogP contribution in [0.15, 0.2) is 102 Å². The van der Waals surface area contributed by atoms with Gasteiger partial charge in [0.1, 0.15) is 0 Å². The summed E-state index contributed by atoms with van der Waals surface area (Å²) in [6.45, 7) is 0.580. The number of halogens is 1. The molecule has 0 radical (unpaired) electrons. The number of amides is 2. The lowest BCUT2D eigenvalue weighted by Crippen LogP contribution is -2.30. The molecule has 2 amide bonds. The normalized spacial score (nSPS) is 15.1. The third-order valence-corrected chi connectivity index (χ3v) is 8.76. The molecule has 5 rings (SSSR count). The third kappa shape index (κ3) is 7.30. The fourth-order valence-corrected chi connectivity index (χ4v) is 6.74. The molecule has 0 saturated carbocycles. The van der Waals surface area contributed by atoms with Crippen molar-refractivity contribution in [2.75, 3.05) is 15.9 Å². The first-order valence-electron chi connectivity index (χ1n) is 12.9. The lowest BCUT2D eigenvalue weighted by atomic mass is 10.1. The Labute approximate surface area is 249 Å². The van der Waals surface area contributed by atoms with Crippen molar-refractivity contribution in [2.24, 2.45) is 0 Å². The Bertz CT molecular complexity index is 1690. The highest BCUT2D eigenvalue weighted by atomic mass is 35.5. The minimum Gasteiger partial charge on any atom is -0.348 e. The van der Waals surface area contributed by atoms with Gasteiger partial charge in [0, 0.05) is 33.7 Å². The van der Waals surface area contributed by atoms with E-state index in [1.54, 1.807) is 47.0 Å². The van der Waals surface area contributed by atoms with Crippen LogP contribution in [0.4, 0.5) is 11.4 Å². The third-order valence-electron chi connectivity index (χ3n) is 6.61. The zero-order valence-electron chi connectivity index (χ0n) is 22.2. The first-order chi connectivity index (χ1) is 19.7. The number of hydrogen-bond acceptors (Lipinski definition) is 5. The van der Waals surface area contributed by atoms with E-state index in [9.17, 15) is 18.0 Å². The molecule has 41 heavy (non-hydrogen) atoms. The van der Waals surface area contributed by atoms with E-state index in [4.69, 9.17) is 11.6 Å². The molecule has 0 bridgehead atoms. The monoisotopic (exact) mass is 605 g/mol. The molecule has 1 heterocycles. The highest BCUT2D eigenvalue weighted by Crippen LogP contribution is 2.46. The zero-order chi connectivity index (χ0) is 29.0. The van der Waals surface area contributed by atoms with Crippen LogP contribution in [0.2, 0.25) is 5.02 Å². The van der Waals surface area contributed by atoms with Crippen molar-refractivity contribution >= 4 is 56.6 Å². The van der Waals surface area contributed by atoms with Crippen molar-refractivity contribution in [3.8, 4) is 0 Å². The van der Waals surface area contributed by atoms with Gasteiger partial charge in [0.25, 0.3) is 5.91 Å². The quantitative estimate of drug-likeness (QED) is 0.242. The highest BCUT2D eigenvalue weighted by Gasteiger charge is 2.30. The molecule has 0 fully saturated rings. The standard InChI is InChI=1S/C31H28ClN3O4S2/c1-41(38,39)34-26-10-3-2-8-24(26)20-35-27-11-4-5-12-28(27)40-29(18-30(35)36)22-13-15-23(16-14-22)31(37)33-19-21-7-6-9-25(32)17-21/h2-17,29,34H,18-20H2,1H3,(H,33,37). The van der Waals surface area contributed by atoms with E-state index in [0.29, 0.717) is 28.4 Å². The maximum Gasteiger partial charge on any atom is 0.251 e. The van der Waals surface area contributed by atoms with E-state index < -0.39 is 10.0 Å². The fraction of sp³-hybridized carbons (Fsp3) is 0.161. The van der Waals surface area contributed by atoms with Gasteiger partial charge in [0.05, 0.1) is 24.2 Å². The van der Waals surface area contributed by atoms with Crippen LogP contribution in [0.25, 0.3) is 0 Å². The molecular formula is C31H28ClN3O4S2. The molecule has 0 saturated heterocycles. The summed E-state index contributed by atoms with van der Waals surface area (Å²) in [5, 5.41) is 3.36. The summed E-state index contributed by atoms with van der Waals surface area (Å²) in [6.07, 6.45) is 1.34. The number of hydrogen-bond donors (Lipinski definition) is 2. The number of fused-ring (bicyclic) bond motifs is 1. The number of benzene rings is 4. The second-order valence-electron chi connectivity index (χ2n) is 9.72. The van der Waals surface area contributed by atoms with Gasteiger partial charge in [0.15, 0.2) is 0 Å². The van der Waals surface area contributed by atoms with E-state index in [1.165, 1.54) is 0 Å². The van der Waals surface area contributed by atoms with Gasteiger partial charge in [-0.15, -0.1) is 11.8 Å². The topological polar surface area (TPSA) is 95.6 Å². The second kappa shape index (κ2) is 12.4. The van der Waals surface area contributed by atoms with E-state index in [-0.39, 0.29) is 30.0 Å². The number of nitrogens with zero attached hydrogens (tertiary/aromatic N) is 1. The van der Waals surface area contributed by atoms with Gasteiger partial charge in [0.2, 0.25) is 15.9 Å². The Balaban J connectivity index is 1.34. The summed E-state index contributed by atoms with van der Waals surface area (Å²) in [6, 6.07) is 29.5. The van der Waals surface area contributed by atoms with Gasteiger partial charge in [-0.2, -0.15) is 0 Å². The molecule has 1 aliphatic heterocycles. The number of carbonyl (C=O) groups excluding carboxylic acids is 2. The minimum atomic E-state index is -3.49. The predicted molar refractivity (Wildman–Crippen MR) is 165 cm³/mol. The van der Waals surface area contributed by atoms with Gasteiger partial charge < -0.3 is 10.2 Å². The van der Waals surface area contributed by atoms with Gasteiger partial charge in [-0.05, 0) is 59.2 Å². The molecule has 1 atom stereocenters. The molecule has 10 heteroatoms. The van der Waals surface area contributed by atoms with Crippen LogP contribution in [-0.2, 0) is 27.9 Å². The molecule has 4 aromatic rings. The molecule has 0 aliphatic carbocycles. The van der Waals surface area contributed by atoms with Crippen molar-refractivity contribution in [2.45, 2.75) is 29.7 Å². The van der Waals surface area contributed by atoms with Gasteiger partial charge in [-0.1, -0.05) is 66.2 Å². The Morgan fingerprint density at radius 1 is 0.976 bits per heavy atom. The average Bonchev–Trinajstić information content (AvgIpc) is 3.08. The van der Waals surface area contributed by atoms with E-state index in [1.807, 2.05) is 66.7 Å². The number of carbonyl (C=O) groups is 2. The van der Waals surface area contributed by atoms with Gasteiger partial charge in [-0.25, -0.2) is 8.42 Å². The summed E-state index contributed by atoms with van der Waals surface area (Å²) in [5.41, 5.74) is 4.28. The second-order valence-corrected chi connectivity index (χ2v) is 13.2. The highest BCUT2D eigenvalue weighted by molar-refractivity contribution is 7.99. The lowest BCUT2D eigenvalue weighted by molar-refractivity contribution is -0.118. The summed E-state index contributed by atoms with van der Waals surface area (Å²) >= 11 is 7.63. The SMILES string of the molecule is CS(=O)(=O)Nc1ccccc1CN1C(=O)CC(c2ccc(C(=O)NCc3cccc(Cl)c3)cc2)Sc2ccccc21. The largest absolute Gasteiger partial charge is 0.348 e. The number of rotatable bonds is 8. The molecule has 2 N–H and O–H groups in total. The van der Waals surface area contributed by atoms with Gasteiger partial charge >= 0.3 is 0 Å². The van der Waals surface area contributed by atoms with Crippen molar-refractivity contribution < 1.29 is 18.0 Å². The molecular weight excluding hydrogens is 578 g/mol. The lowest BCUT2D eigenvalue weighted by Gasteiger charge is -2.24. The van der Waals surface area contributed by atoms with Crippen molar-refractivity contribution in [3.05, 3.63) is 124 Å². The van der Waals surface area contributed by atoms with Crippen LogP contribution in [-0.4, -0.2) is 26.5 Å². The molecule has 4 aromatic carbocycles. The minimum absolute atomic E-state index is 0.0787. The first-order valence-corrected chi connectivity index (χ1v) is 16.1. The van der Waals surface area contributed by atoms with Crippen LogP contribution >= 0.6 is 23.4 Å². The predicted octanol–water partition coefficient (Wildman–Crippen LogP) is 6.41. The maximum absolute atomic E-state index is 13.7. The average molecular weight is 606 g/mol. The van der Waals surface area contributed by atoms with Crippen molar-refractivity contribution in [1.29, 1.82) is 0 Å². The summed E-state index contributed by atoms with van der Waals surface area (Å²) in [7, 11) is -3.49. The van der Waals surface area contributed by atoms with Crippen LogP contribution < -0.4 is 14.9 Å². The summed E-state index contributed by atoms with van der Waals surface area (Å²) < 4.78 is 26.4. The number of thioether (sulfide) groups is 1. The first kappa shape index (κ1) is 28.7. The molecule has 1 unspecified atom stereocenters. The summed E-state index contributed by atoms with van der Waals surface area (Å²) in [4.78, 5) is 29.1. The number of nitrogens with one attached hydrogen (secondary N) is 2. The molecule has 0 aromatic heterocycles. The van der Waals surface area contributed by atoms with Gasteiger partial charge in [-0.3, -0.25) is 14.3 Å². The Morgan fingerprint density at radius 2 is 1.71 bits per heavy atom. The van der Waals surface area contributed by atoms with Crippen molar-refractivity contribution in [1.82, 2.24) is 5.32 Å². The zero-order valence-corrected chi connectivity index (χ0v) is 24.6. The van der Waals surface area contributed by atoms with E-state index >= 15 is 0 Å². The molecule has 1 aliphatic rings.